The van der Waals surface area contributed by atoms with Gasteiger partial charge in [0.05, 0.1) is 5.92 Å². The molecule has 148 valence electrons. The van der Waals surface area contributed by atoms with Crippen molar-refractivity contribution >= 4 is 29.3 Å². The molecule has 3 rings (SSSR count). The largest absolute Gasteiger partial charge is 0.342 e. The third kappa shape index (κ3) is 5.61. The molecule has 2 aromatic rings. The van der Waals surface area contributed by atoms with E-state index >= 15 is 0 Å². The Balaban J connectivity index is 1.47. The summed E-state index contributed by atoms with van der Waals surface area (Å²) in [7, 11) is 0. The van der Waals surface area contributed by atoms with Gasteiger partial charge in [-0.15, -0.1) is 11.8 Å². The number of likely N-dealkylation sites (tertiary alicyclic amines) is 1. The molecule has 1 saturated heterocycles. The number of benzene rings is 2. The normalized spacial score (nSPS) is 16.6. The number of anilines is 1. The highest BCUT2D eigenvalue weighted by Gasteiger charge is 2.28. The number of amides is 2. The quantitative estimate of drug-likeness (QED) is 0.722. The average Bonchev–Trinajstić information content (AvgIpc) is 2.71. The molecule has 1 fully saturated rings. The molecule has 1 aliphatic rings. The summed E-state index contributed by atoms with van der Waals surface area (Å²) in [4.78, 5) is 28.2. The van der Waals surface area contributed by atoms with Crippen molar-refractivity contribution in [1.29, 1.82) is 0 Å². The second-order valence-electron chi connectivity index (χ2n) is 7.38. The van der Waals surface area contributed by atoms with Gasteiger partial charge in [0.1, 0.15) is 0 Å². The van der Waals surface area contributed by atoms with E-state index in [9.17, 15) is 9.59 Å². The summed E-state index contributed by atoms with van der Waals surface area (Å²) in [5.41, 5.74) is 3.37. The lowest BCUT2D eigenvalue weighted by molar-refractivity contribution is -0.134. The number of piperidine rings is 1. The Bertz CT molecular complexity index is 823. The minimum absolute atomic E-state index is 0.00760. The predicted molar refractivity (Wildman–Crippen MR) is 116 cm³/mol. The lowest BCUT2D eigenvalue weighted by Gasteiger charge is -2.32. The number of carbonyl (C=O) groups is 2. The van der Waals surface area contributed by atoms with Crippen molar-refractivity contribution in [3.63, 3.8) is 0 Å². The van der Waals surface area contributed by atoms with Crippen molar-refractivity contribution in [2.45, 2.75) is 38.0 Å². The first-order valence-corrected chi connectivity index (χ1v) is 10.9. The van der Waals surface area contributed by atoms with Crippen LogP contribution in [0, 0.1) is 19.8 Å². The molecule has 0 aromatic heterocycles. The number of para-hydroxylation sites is 1. The fraction of sp³-hybridized carbons (Fsp3) is 0.391. The Morgan fingerprint density at radius 1 is 1.11 bits per heavy atom. The van der Waals surface area contributed by atoms with Crippen LogP contribution in [0.2, 0.25) is 0 Å². The van der Waals surface area contributed by atoms with Crippen molar-refractivity contribution < 1.29 is 9.59 Å². The molecule has 2 aromatic carbocycles. The lowest BCUT2D eigenvalue weighted by Crippen LogP contribution is -2.43. The number of hydrogen-bond acceptors (Lipinski definition) is 3. The van der Waals surface area contributed by atoms with E-state index in [0.717, 1.165) is 30.8 Å². The van der Waals surface area contributed by atoms with Crippen molar-refractivity contribution in [3.05, 3.63) is 59.7 Å². The number of nitrogens with zero attached hydrogens (tertiary/aromatic N) is 1. The van der Waals surface area contributed by atoms with Gasteiger partial charge in [-0.05, 0) is 62.1 Å². The highest BCUT2D eigenvalue weighted by Crippen LogP contribution is 2.23. The van der Waals surface area contributed by atoms with Crippen LogP contribution >= 0.6 is 11.8 Å². The van der Waals surface area contributed by atoms with Crippen LogP contribution in [0.25, 0.3) is 0 Å². The average molecular weight is 397 g/mol. The number of carbonyl (C=O) groups excluding carboxylic acids is 2. The summed E-state index contributed by atoms with van der Waals surface area (Å²) < 4.78 is 0. The highest BCUT2D eigenvalue weighted by molar-refractivity contribution is 7.99. The van der Waals surface area contributed by atoms with Crippen LogP contribution in [0.3, 0.4) is 0 Å². The molecule has 1 aliphatic heterocycles. The Morgan fingerprint density at radius 2 is 1.89 bits per heavy atom. The van der Waals surface area contributed by atoms with Gasteiger partial charge < -0.3 is 10.2 Å². The highest BCUT2D eigenvalue weighted by atomic mass is 32.2. The molecule has 1 atom stereocenters. The molecule has 28 heavy (non-hydrogen) atoms. The molecule has 1 N–H and O–H groups in total. The number of rotatable bonds is 6. The maximum absolute atomic E-state index is 12.6. The summed E-state index contributed by atoms with van der Waals surface area (Å²) in [6.07, 6.45) is 2.22. The van der Waals surface area contributed by atoms with Crippen LogP contribution in [-0.2, 0) is 9.59 Å². The van der Waals surface area contributed by atoms with E-state index in [1.807, 2.05) is 35.2 Å². The van der Waals surface area contributed by atoms with Crippen molar-refractivity contribution in [2.75, 3.05) is 24.2 Å². The first-order chi connectivity index (χ1) is 13.5. The molecular weight excluding hydrogens is 368 g/mol. The van der Waals surface area contributed by atoms with E-state index in [2.05, 4.69) is 37.4 Å². The zero-order valence-corrected chi connectivity index (χ0v) is 17.4. The molecule has 4 nitrogen and oxygen atoms in total. The van der Waals surface area contributed by atoms with Crippen molar-refractivity contribution in [3.8, 4) is 0 Å². The fourth-order valence-electron chi connectivity index (χ4n) is 3.40. The molecule has 5 heteroatoms. The standard InChI is InChI=1S/C23H28N2O2S/c1-17-10-11-21(15-18(17)2)28-14-12-22(26)25-13-6-7-19(16-25)23(27)24-20-8-4-3-5-9-20/h3-5,8-11,15,19H,6-7,12-14,16H2,1-2H3,(H,24,27). The van der Waals surface area contributed by atoms with E-state index in [4.69, 9.17) is 0 Å². The zero-order chi connectivity index (χ0) is 19.9. The van der Waals surface area contributed by atoms with Gasteiger partial charge in [-0.1, -0.05) is 24.3 Å². The topological polar surface area (TPSA) is 49.4 Å². The molecule has 1 heterocycles. The van der Waals surface area contributed by atoms with E-state index in [0.29, 0.717) is 13.0 Å². The van der Waals surface area contributed by atoms with Gasteiger partial charge in [-0.25, -0.2) is 0 Å². The van der Waals surface area contributed by atoms with Gasteiger partial charge in [0.2, 0.25) is 11.8 Å². The SMILES string of the molecule is Cc1ccc(SCCC(=O)N2CCCC(C(=O)Nc3ccccc3)C2)cc1C. The summed E-state index contributed by atoms with van der Waals surface area (Å²) >= 11 is 1.72. The molecule has 0 radical (unpaired) electrons. The van der Waals surface area contributed by atoms with Crippen LogP contribution in [0.4, 0.5) is 5.69 Å². The van der Waals surface area contributed by atoms with Crippen LogP contribution in [0.5, 0.6) is 0 Å². The molecule has 0 spiro atoms. The zero-order valence-electron chi connectivity index (χ0n) is 16.6. The second-order valence-corrected chi connectivity index (χ2v) is 8.55. The van der Waals surface area contributed by atoms with E-state index in [1.165, 1.54) is 16.0 Å². The summed E-state index contributed by atoms with van der Waals surface area (Å²) in [5.74, 6) is 0.783. The Kier molecular flexibility index (Phi) is 7.15. The third-order valence-corrected chi connectivity index (χ3v) is 6.24. The maximum Gasteiger partial charge on any atom is 0.229 e. The smallest absolute Gasteiger partial charge is 0.229 e. The molecule has 0 bridgehead atoms. The van der Waals surface area contributed by atoms with Gasteiger partial charge in [0.25, 0.3) is 0 Å². The van der Waals surface area contributed by atoms with Crippen LogP contribution in [0.1, 0.15) is 30.4 Å². The minimum atomic E-state index is -0.134. The second kappa shape index (κ2) is 9.78. The summed E-state index contributed by atoms with van der Waals surface area (Å²) in [6, 6.07) is 15.9. The van der Waals surface area contributed by atoms with Crippen molar-refractivity contribution in [2.24, 2.45) is 5.92 Å². The maximum atomic E-state index is 12.6. The molecule has 1 unspecified atom stereocenters. The van der Waals surface area contributed by atoms with Crippen LogP contribution in [0.15, 0.2) is 53.4 Å². The van der Waals surface area contributed by atoms with Gasteiger partial charge >= 0.3 is 0 Å². The lowest BCUT2D eigenvalue weighted by atomic mass is 9.96. The monoisotopic (exact) mass is 396 g/mol. The Hall–Kier alpha value is -2.27. The number of hydrogen-bond donors (Lipinski definition) is 1. The summed E-state index contributed by atoms with van der Waals surface area (Å²) in [6.45, 7) is 5.49. The number of nitrogens with one attached hydrogen (secondary N) is 1. The summed E-state index contributed by atoms with van der Waals surface area (Å²) in [5, 5.41) is 2.96. The van der Waals surface area contributed by atoms with E-state index in [-0.39, 0.29) is 17.7 Å². The minimum Gasteiger partial charge on any atom is -0.342 e. The third-order valence-electron chi connectivity index (χ3n) is 5.25. The van der Waals surface area contributed by atoms with Gasteiger partial charge in [0.15, 0.2) is 0 Å². The van der Waals surface area contributed by atoms with Gasteiger partial charge in [0, 0.05) is 35.8 Å². The van der Waals surface area contributed by atoms with Crippen molar-refractivity contribution in [1.82, 2.24) is 4.90 Å². The Morgan fingerprint density at radius 3 is 2.64 bits per heavy atom. The molecular formula is C23H28N2O2S. The van der Waals surface area contributed by atoms with Crippen LogP contribution in [-0.4, -0.2) is 35.6 Å². The molecule has 0 aliphatic carbocycles. The molecule has 2 amide bonds. The fourth-order valence-corrected chi connectivity index (χ4v) is 4.34. The molecule has 0 saturated carbocycles. The van der Waals surface area contributed by atoms with Crippen LogP contribution < -0.4 is 5.32 Å². The first-order valence-electron chi connectivity index (χ1n) is 9.86. The van der Waals surface area contributed by atoms with Gasteiger partial charge in [-0.3, -0.25) is 9.59 Å². The predicted octanol–water partition coefficient (Wildman–Crippen LogP) is 4.66. The van der Waals surface area contributed by atoms with E-state index in [1.54, 1.807) is 11.8 Å². The Labute approximate surface area is 171 Å². The first kappa shape index (κ1) is 20.5. The van der Waals surface area contributed by atoms with E-state index < -0.39 is 0 Å². The van der Waals surface area contributed by atoms with Gasteiger partial charge in [-0.2, -0.15) is 0 Å². The number of aryl methyl sites for hydroxylation is 2. The number of thioether (sulfide) groups is 1.